The number of hydrogen-bond acceptors (Lipinski definition) is 5. The van der Waals surface area contributed by atoms with E-state index in [1.54, 1.807) is 11.8 Å². The Bertz CT molecular complexity index is 465. The summed E-state index contributed by atoms with van der Waals surface area (Å²) in [6.45, 7) is 1.84. The van der Waals surface area contributed by atoms with Gasteiger partial charge in [0.25, 0.3) is 0 Å². The van der Waals surface area contributed by atoms with E-state index in [4.69, 9.17) is 4.52 Å². The zero-order valence-electron chi connectivity index (χ0n) is 12.4. The Morgan fingerprint density at radius 3 is 2.62 bits per heavy atom. The Morgan fingerprint density at radius 1 is 1.19 bits per heavy atom. The van der Waals surface area contributed by atoms with Crippen LogP contribution in [0.2, 0.25) is 0 Å². The summed E-state index contributed by atoms with van der Waals surface area (Å²) in [7, 11) is 0. The van der Waals surface area contributed by atoms with Crippen LogP contribution in [0.4, 0.5) is 0 Å². The van der Waals surface area contributed by atoms with Gasteiger partial charge in [-0.25, -0.2) is 0 Å². The lowest BCUT2D eigenvalue weighted by Crippen LogP contribution is -2.35. The quantitative estimate of drug-likeness (QED) is 0.837. The molecule has 2 aliphatic rings. The predicted molar refractivity (Wildman–Crippen MR) is 82.1 cm³/mol. The maximum Gasteiger partial charge on any atom is 0.236 e. The van der Waals surface area contributed by atoms with Gasteiger partial charge in [0.05, 0.1) is 11.5 Å². The fourth-order valence-corrected chi connectivity index (χ4v) is 3.40. The number of aromatic nitrogens is 2. The third-order valence-electron chi connectivity index (χ3n) is 4.09. The highest BCUT2D eigenvalue weighted by Gasteiger charge is 2.28. The second-order valence-corrected chi connectivity index (χ2v) is 6.95. The van der Waals surface area contributed by atoms with E-state index in [-0.39, 0.29) is 5.91 Å². The monoisotopic (exact) mass is 309 g/mol. The zero-order chi connectivity index (χ0) is 14.5. The minimum absolute atomic E-state index is 0.254. The lowest BCUT2D eigenvalue weighted by Gasteiger charge is -2.24. The number of thioether (sulfide) groups is 1. The van der Waals surface area contributed by atoms with Gasteiger partial charge >= 0.3 is 0 Å². The molecule has 1 amide bonds. The van der Waals surface area contributed by atoms with Gasteiger partial charge in [-0.15, -0.1) is 11.8 Å². The first-order valence-electron chi connectivity index (χ1n) is 8.01. The van der Waals surface area contributed by atoms with Crippen molar-refractivity contribution in [3.8, 4) is 0 Å². The second-order valence-electron chi connectivity index (χ2n) is 5.96. The molecule has 2 heterocycles. The Labute approximate surface area is 129 Å². The molecular formula is C15H23N3O2S. The SMILES string of the molecule is O=C(CSCc1nc(C2CC2)no1)N1CCCCCCC1. The number of carbonyl (C=O) groups is 1. The van der Waals surface area contributed by atoms with Crippen molar-refractivity contribution in [2.24, 2.45) is 0 Å². The first kappa shape index (κ1) is 14.9. The number of nitrogens with zero attached hydrogens (tertiary/aromatic N) is 3. The number of hydrogen-bond donors (Lipinski definition) is 0. The van der Waals surface area contributed by atoms with Gasteiger partial charge in [-0.3, -0.25) is 4.79 Å². The molecule has 1 aromatic heterocycles. The van der Waals surface area contributed by atoms with E-state index in [0.29, 0.717) is 23.3 Å². The summed E-state index contributed by atoms with van der Waals surface area (Å²) in [4.78, 5) is 18.6. The average molecular weight is 309 g/mol. The third-order valence-corrected chi connectivity index (χ3v) is 4.99. The van der Waals surface area contributed by atoms with E-state index in [1.807, 2.05) is 4.90 Å². The van der Waals surface area contributed by atoms with Crippen LogP contribution in [-0.4, -0.2) is 39.8 Å². The second kappa shape index (κ2) is 7.29. The molecule has 0 unspecified atom stereocenters. The molecule has 2 fully saturated rings. The van der Waals surface area contributed by atoms with E-state index >= 15 is 0 Å². The van der Waals surface area contributed by atoms with Crippen LogP contribution in [0.15, 0.2) is 4.52 Å². The molecule has 0 aromatic carbocycles. The fourth-order valence-electron chi connectivity index (χ4n) is 2.65. The van der Waals surface area contributed by atoms with Crippen LogP contribution < -0.4 is 0 Å². The Balaban J connectivity index is 1.39. The normalized spacial score (nSPS) is 20.1. The molecule has 5 nitrogen and oxygen atoms in total. The van der Waals surface area contributed by atoms with Gasteiger partial charge in [-0.05, 0) is 25.7 Å². The van der Waals surface area contributed by atoms with Crippen molar-refractivity contribution >= 4 is 17.7 Å². The van der Waals surface area contributed by atoms with Crippen LogP contribution in [0, 0.1) is 0 Å². The van der Waals surface area contributed by atoms with Crippen LogP contribution in [0.25, 0.3) is 0 Å². The maximum atomic E-state index is 12.2. The van der Waals surface area contributed by atoms with E-state index in [9.17, 15) is 4.79 Å². The van der Waals surface area contributed by atoms with Crippen LogP contribution in [0.3, 0.4) is 0 Å². The molecule has 1 saturated heterocycles. The summed E-state index contributed by atoms with van der Waals surface area (Å²) in [6.07, 6.45) is 8.47. The lowest BCUT2D eigenvalue weighted by molar-refractivity contribution is -0.128. The zero-order valence-corrected chi connectivity index (χ0v) is 13.2. The molecule has 0 bridgehead atoms. The molecule has 6 heteroatoms. The first-order chi connectivity index (χ1) is 10.3. The standard InChI is InChI=1S/C15H23N3O2S/c19-14(18-8-4-2-1-3-5-9-18)11-21-10-13-16-15(17-20-13)12-6-7-12/h12H,1-11H2. The van der Waals surface area contributed by atoms with Gasteiger partial charge in [0.1, 0.15) is 0 Å². The van der Waals surface area contributed by atoms with Crippen molar-refractivity contribution in [3.05, 3.63) is 11.7 Å². The van der Waals surface area contributed by atoms with E-state index in [1.165, 1.54) is 32.1 Å². The minimum Gasteiger partial charge on any atom is -0.342 e. The molecule has 0 atom stereocenters. The van der Waals surface area contributed by atoms with Crippen molar-refractivity contribution in [1.29, 1.82) is 0 Å². The van der Waals surface area contributed by atoms with E-state index < -0.39 is 0 Å². The fraction of sp³-hybridized carbons (Fsp3) is 0.800. The summed E-state index contributed by atoms with van der Waals surface area (Å²) in [5.41, 5.74) is 0. The third kappa shape index (κ3) is 4.46. The minimum atomic E-state index is 0.254. The first-order valence-corrected chi connectivity index (χ1v) is 9.16. The van der Waals surface area contributed by atoms with E-state index in [2.05, 4.69) is 10.1 Å². The van der Waals surface area contributed by atoms with Crippen molar-refractivity contribution in [2.45, 2.75) is 56.6 Å². The molecule has 3 rings (SSSR count). The van der Waals surface area contributed by atoms with Crippen LogP contribution in [0.1, 0.15) is 62.6 Å². The van der Waals surface area contributed by atoms with Crippen LogP contribution in [0.5, 0.6) is 0 Å². The summed E-state index contributed by atoms with van der Waals surface area (Å²) >= 11 is 1.58. The summed E-state index contributed by atoms with van der Waals surface area (Å²) < 4.78 is 5.22. The molecule has 116 valence electrons. The highest BCUT2D eigenvalue weighted by molar-refractivity contribution is 7.99. The van der Waals surface area contributed by atoms with Crippen molar-refractivity contribution in [1.82, 2.24) is 15.0 Å². The summed E-state index contributed by atoms with van der Waals surface area (Å²) in [5, 5.41) is 3.99. The number of carbonyl (C=O) groups excluding carboxylic acids is 1. The lowest BCUT2D eigenvalue weighted by atomic mass is 10.1. The predicted octanol–water partition coefficient (Wildman–Crippen LogP) is 2.97. The number of rotatable bonds is 5. The smallest absolute Gasteiger partial charge is 0.236 e. The van der Waals surface area contributed by atoms with Crippen LogP contribution in [-0.2, 0) is 10.5 Å². The van der Waals surface area contributed by atoms with Gasteiger partial charge < -0.3 is 9.42 Å². The molecule has 1 aliphatic carbocycles. The Kier molecular flexibility index (Phi) is 5.17. The topological polar surface area (TPSA) is 59.2 Å². The number of amides is 1. The maximum absolute atomic E-state index is 12.2. The highest BCUT2D eigenvalue weighted by Crippen LogP contribution is 2.38. The molecule has 1 aliphatic heterocycles. The average Bonchev–Trinajstić information content (AvgIpc) is 3.18. The van der Waals surface area contributed by atoms with Gasteiger partial charge in [0, 0.05) is 19.0 Å². The molecule has 0 radical (unpaired) electrons. The van der Waals surface area contributed by atoms with Gasteiger partial charge in [-0.1, -0.05) is 24.4 Å². The van der Waals surface area contributed by atoms with Crippen LogP contribution >= 0.6 is 11.8 Å². The molecule has 1 saturated carbocycles. The Morgan fingerprint density at radius 2 is 1.90 bits per heavy atom. The highest BCUT2D eigenvalue weighted by atomic mass is 32.2. The van der Waals surface area contributed by atoms with Crippen molar-refractivity contribution in [2.75, 3.05) is 18.8 Å². The van der Waals surface area contributed by atoms with Gasteiger partial charge in [0.2, 0.25) is 11.8 Å². The summed E-state index contributed by atoms with van der Waals surface area (Å²) in [5.74, 6) is 3.43. The molecule has 21 heavy (non-hydrogen) atoms. The molecular weight excluding hydrogens is 286 g/mol. The van der Waals surface area contributed by atoms with Crippen molar-refractivity contribution < 1.29 is 9.32 Å². The van der Waals surface area contributed by atoms with Gasteiger partial charge in [0.15, 0.2) is 5.82 Å². The molecule has 0 spiro atoms. The summed E-state index contributed by atoms with van der Waals surface area (Å²) in [6, 6.07) is 0. The Hall–Kier alpha value is -1.04. The van der Waals surface area contributed by atoms with Gasteiger partial charge in [-0.2, -0.15) is 4.98 Å². The largest absolute Gasteiger partial charge is 0.342 e. The molecule has 0 N–H and O–H groups in total. The van der Waals surface area contributed by atoms with Crippen molar-refractivity contribution in [3.63, 3.8) is 0 Å². The molecule has 1 aromatic rings. The number of likely N-dealkylation sites (tertiary alicyclic amines) is 1. The van der Waals surface area contributed by atoms with E-state index in [0.717, 1.165) is 31.8 Å².